The molecule has 3 atom stereocenters. The van der Waals surface area contributed by atoms with Gasteiger partial charge in [0.2, 0.25) is 0 Å². The van der Waals surface area contributed by atoms with Gasteiger partial charge in [0.05, 0.1) is 6.10 Å². The molecule has 0 radical (unpaired) electrons. The Balaban J connectivity index is 2.64. The molecule has 0 unspecified atom stereocenters. The quantitative estimate of drug-likeness (QED) is 0.613. The summed E-state index contributed by atoms with van der Waals surface area (Å²) in [7, 11) is 3.20. The molecule has 0 spiro atoms. The van der Waals surface area contributed by atoms with Crippen LogP contribution in [0.5, 0.6) is 0 Å². The molecule has 0 aromatic rings. The highest BCUT2D eigenvalue weighted by Gasteiger charge is 2.38. The first kappa shape index (κ1) is 10.6. The number of hydrogen-bond acceptors (Lipinski definition) is 4. The van der Waals surface area contributed by atoms with Crippen molar-refractivity contribution in [3.05, 3.63) is 0 Å². The first-order chi connectivity index (χ1) is 6.13. The van der Waals surface area contributed by atoms with Crippen LogP contribution in [-0.4, -0.2) is 38.5 Å². The fourth-order valence-electron chi connectivity index (χ4n) is 1.57. The van der Waals surface area contributed by atoms with Gasteiger partial charge in [-0.25, -0.2) is 0 Å². The van der Waals surface area contributed by atoms with E-state index in [1.807, 2.05) is 6.92 Å². The van der Waals surface area contributed by atoms with E-state index in [9.17, 15) is 4.79 Å². The molecule has 0 aromatic heterocycles. The Morgan fingerprint density at radius 1 is 1.54 bits per heavy atom. The topological polar surface area (TPSA) is 44.8 Å². The zero-order valence-corrected chi connectivity index (χ0v) is 8.28. The number of carbonyl (C=O) groups excluding carboxylic acids is 1. The second kappa shape index (κ2) is 4.17. The van der Waals surface area contributed by atoms with Crippen molar-refractivity contribution in [2.24, 2.45) is 0 Å². The predicted molar refractivity (Wildman–Crippen MR) is 46.4 cm³/mol. The summed E-state index contributed by atoms with van der Waals surface area (Å²) in [4.78, 5) is 10.6. The van der Waals surface area contributed by atoms with Gasteiger partial charge in [0.25, 0.3) is 0 Å². The van der Waals surface area contributed by atoms with Crippen LogP contribution in [0.1, 0.15) is 19.8 Å². The highest BCUT2D eigenvalue weighted by Crippen LogP contribution is 2.29. The third kappa shape index (κ3) is 2.49. The molecule has 4 nitrogen and oxygen atoms in total. The molecule has 1 aliphatic rings. The number of aldehydes is 1. The molecule has 76 valence electrons. The lowest BCUT2D eigenvalue weighted by molar-refractivity contribution is -0.269. The van der Waals surface area contributed by atoms with Crippen molar-refractivity contribution in [3.63, 3.8) is 0 Å². The van der Waals surface area contributed by atoms with Gasteiger partial charge in [-0.3, -0.25) is 0 Å². The molecule has 0 aromatic carbocycles. The van der Waals surface area contributed by atoms with Crippen LogP contribution in [0.25, 0.3) is 0 Å². The van der Waals surface area contributed by atoms with Gasteiger partial charge in [-0.05, 0) is 6.92 Å². The summed E-state index contributed by atoms with van der Waals surface area (Å²) in [6, 6.07) is 0. The lowest BCUT2D eigenvalue weighted by Crippen LogP contribution is -2.46. The molecule has 1 aliphatic heterocycles. The number of ether oxygens (including phenoxy) is 3. The Hall–Kier alpha value is -0.450. The maximum Gasteiger partial charge on any atom is 0.168 e. The van der Waals surface area contributed by atoms with Crippen LogP contribution >= 0.6 is 0 Å². The van der Waals surface area contributed by atoms with Crippen molar-refractivity contribution in [1.29, 1.82) is 0 Å². The molecule has 1 saturated heterocycles. The number of hydrogen-bond donors (Lipinski definition) is 0. The Kier molecular flexibility index (Phi) is 3.41. The van der Waals surface area contributed by atoms with E-state index in [-0.39, 0.29) is 6.10 Å². The normalized spacial score (nSPS) is 40.2. The van der Waals surface area contributed by atoms with Crippen LogP contribution in [-0.2, 0) is 19.0 Å². The highest BCUT2D eigenvalue weighted by molar-refractivity contribution is 5.56. The molecule has 0 amide bonds. The first-order valence-electron chi connectivity index (χ1n) is 4.34. The van der Waals surface area contributed by atoms with Gasteiger partial charge in [-0.1, -0.05) is 0 Å². The van der Waals surface area contributed by atoms with Gasteiger partial charge in [-0.15, -0.1) is 0 Å². The van der Waals surface area contributed by atoms with E-state index >= 15 is 0 Å². The zero-order chi connectivity index (χ0) is 9.90. The van der Waals surface area contributed by atoms with Gasteiger partial charge in [0, 0.05) is 27.1 Å². The Bertz CT molecular complexity index is 182. The minimum Gasteiger partial charge on any atom is -0.381 e. The molecule has 4 heteroatoms. The molecule has 0 bridgehead atoms. The molecule has 13 heavy (non-hydrogen) atoms. The average Bonchev–Trinajstić information content (AvgIpc) is 2.17. The third-order valence-electron chi connectivity index (χ3n) is 2.41. The fraction of sp³-hybridized carbons (Fsp3) is 0.889. The van der Waals surface area contributed by atoms with E-state index in [1.54, 1.807) is 14.2 Å². The average molecular weight is 188 g/mol. The van der Waals surface area contributed by atoms with Crippen LogP contribution in [0.15, 0.2) is 0 Å². The van der Waals surface area contributed by atoms with E-state index < -0.39 is 11.9 Å². The highest BCUT2D eigenvalue weighted by atomic mass is 16.7. The summed E-state index contributed by atoms with van der Waals surface area (Å²) in [5, 5.41) is 0. The molecular formula is C9H16O4. The maximum absolute atomic E-state index is 10.6. The minimum atomic E-state index is -0.690. The molecule has 1 rings (SSSR count). The van der Waals surface area contributed by atoms with Crippen molar-refractivity contribution in [1.82, 2.24) is 0 Å². The predicted octanol–water partition coefficient (Wildman–Crippen LogP) is 0.742. The number of carbonyl (C=O) groups is 1. The van der Waals surface area contributed by atoms with Crippen LogP contribution in [0.4, 0.5) is 0 Å². The summed E-state index contributed by atoms with van der Waals surface area (Å²) in [5.41, 5.74) is 0. The molecule has 0 saturated carbocycles. The molecule has 0 N–H and O–H groups in total. The van der Waals surface area contributed by atoms with Crippen molar-refractivity contribution >= 4 is 6.29 Å². The second-order valence-corrected chi connectivity index (χ2v) is 3.43. The summed E-state index contributed by atoms with van der Waals surface area (Å²) in [6.45, 7) is 1.81. The van der Waals surface area contributed by atoms with Gasteiger partial charge in [0.15, 0.2) is 5.79 Å². The number of rotatable bonds is 3. The third-order valence-corrected chi connectivity index (χ3v) is 2.41. The molecule has 1 heterocycles. The van der Waals surface area contributed by atoms with Crippen molar-refractivity contribution in [2.75, 3.05) is 14.2 Å². The van der Waals surface area contributed by atoms with Crippen molar-refractivity contribution < 1.29 is 19.0 Å². The van der Waals surface area contributed by atoms with Gasteiger partial charge in [-0.2, -0.15) is 0 Å². The number of methoxy groups -OCH3 is 2. The zero-order valence-electron chi connectivity index (χ0n) is 8.28. The standard InChI is InChI=1S/C9H16O4/c1-9(12-3)5-7(11-2)4-8(6-10)13-9/h6-8H,4-5H2,1-3H3/t7-,8-,9-/m1/s1. The van der Waals surface area contributed by atoms with E-state index in [0.717, 1.165) is 6.29 Å². The smallest absolute Gasteiger partial charge is 0.168 e. The summed E-state index contributed by atoms with van der Waals surface area (Å²) < 4.78 is 15.8. The van der Waals surface area contributed by atoms with E-state index in [4.69, 9.17) is 14.2 Å². The van der Waals surface area contributed by atoms with Gasteiger partial charge in [0.1, 0.15) is 12.4 Å². The molecule has 0 aliphatic carbocycles. The van der Waals surface area contributed by atoms with E-state index in [1.165, 1.54) is 0 Å². The van der Waals surface area contributed by atoms with Crippen molar-refractivity contribution in [2.45, 2.75) is 37.8 Å². The fourth-order valence-corrected chi connectivity index (χ4v) is 1.57. The molecular weight excluding hydrogens is 172 g/mol. The van der Waals surface area contributed by atoms with Crippen LogP contribution in [0.3, 0.4) is 0 Å². The Morgan fingerprint density at radius 3 is 2.69 bits per heavy atom. The maximum atomic E-state index is 10.6. The van der Waals surface area contributed by atoms with Crippen molar-refractivity contribution in [3.8, 4) is 0 Å². The lowest BCUT2D eigenvalue weighted by Gasteiger charge is -2.39. The summed E-state index contributed by atoms with van der Waals surface area (Å²) in [6.07, 6.45) is 1.68. The SMILES string of the molecule is CO[C@@H]1C[C@H](C=O)O[C@@](C)(OC)C1. The van der Waals surface area contributed by atoms with E-state index in [2.05, 4.69) is 0 Å². The second-order valence-electron chi connectivity index (χ2n) is 3.43. The van der Waals surface area contributed by atoms with Crippen LogP contribution < -0.4 is 0 Å². The Morgan fingerprint density at radius 2 is 2.23 bits per heavy atom. The van der Waals surface area contributed by atoms with Crippen LogP contribution in [0, 0.1) is 0 Å². The van der Waals surface area contributed by atoms with Gasteiger partial charge < -0.3 is 19.0 Å². The molecule has 1 fully saturated rings. The first-order valence-corrected chi connectivity index (χ1v) is 4.34. The minimum absolute atomic E-state index is 0.0360. The van der Waals surface area contributed by atoms with Crippen LogP contribution in [0.2, 0.25) is 0 Å². The Labute approximate surface area is 78.2 Å². The summed E-state index contributed by atoms with van der Waals surface area (Å²) in [5.74, 6) is -0.690. The monoisotopic (exact) mass is 188 g/mol. The summed E-state index contributed by atoms with van der Waals surface area (Å²) >= 11 is 0. The van der Waals surface area contributed by atoms with E-state index in [0.29, 0.717) is 12.8 Å². The largest absolute Gasteiger partial charge is 0.381 e. The van der Waals surface area contributed by atoms with Gasteiger partial charge >= 0.3 is 0 Å². The lowest BCUT2D eigenvalue weighted by atomic mass is 10.00.